The van der Waals surface area contributed by atoms with E-state index in [0.717, 1.165) is 13.0 Å². The zero-order chi connectivity index (χ0) is 14.0. The standard InChI is InChI=1S/C14H19N5O/c1-20-10-9-15-13-11-17-19-14(18-13)16-8-7-12-5-3-2-4-6-12/h2-6,11H,7-10H2,1H3,(H2,15,16,18,19). The highest BCUT2D eigenvalue weighted by molar-refractivity contribution is 5.36. The summed E-state index contributed by atoms with van der Waals surface area (Å²) in [6.45, 7) is 2.09. The van der Waals surface area contributed by atoms with Crippen LogP contribution < -0.4 is 10.6 Å². The second-order valence-electron chi connectivity index (χ2n) is 4.25. The Hall–Kier alpha value is -2.21. The number of hydrogen-bond donors (Lipinski definition) is 2. The van der Waals surface area contributed by atoms with Gasteiger partial charge in [-0.25, -0.2) is 0 Å². The van der Waals surface area contributed by atoms with E-state index in [-0.39, 0.29) is 0 Å². The van der Waals surface area contributed by atoms with Gasteiger partial charge in [0.25, 0.3) is 0 Å². The van der Waals surface area contributed by atoms with Crippen molar-refractivity contribution in [2.75, 3.05) is 37.4 Å². The van der Waals surface area contributed by atoms with Gasteiger partial charge in [0, 0.05) is 20.2 Å². The van der Waals surface area contributed by atoms with Crippen molar-refractivity contribution in [2.24, 2.45) is 0 Å². The molecule has 6 heteroatoms. The fourth-order valence-electron chi connectivity index (χ4n) is 1.71. The second kappa shape index (κ2) is 8.06. The number of benzene rings is 1. The summed E-state index contributed by atoms with van der Waals surface area (Å²) >= 11 is 0. The molecule has 0 aliphatic rings. The minimum absolute atomic E-state index is 0.531. The van der Waals surface area contributed by atoms with Crippen molar-refractivity contribution < 1.29 is 4.74 Å². The van der Waals surface area contributed by atoms with Crippen molar-refractivity contribution >= 4 is 11.8 Å². The fourth-order valence-corrected chi connectivity index (χ4v) is 1.71. The lowest BCUT2D eigenvalue weighted by Gasteiger charge is -2.07. The van der Waals surface area contributed by atoms with Crippen LogP contribution in [0.5, 0.6) is 0 Å². The quantitative estimate of drug-likeness (QED) is 0.712. The lowest BCUT2D eigenvalue weighted by atomic mass is 10.1. The van der Waals surface area contributed by atoms with Crippen LogP contribution in [0, 0.1) is 0 Å². The number of ether oxygens (including phenoxy) is 1. The average Bonchev–Trinajstić information content (AvgIpc) is 2.49. The molecule has 20 heavy (non-hydrogen) atoms. The molecule has 106 valence electrons. The van der Waals surface area contributed by atoms with Crippen molar-refractivity contribution in [3.63, 3.8) is 0 Å². The maximum absolute atomic E-state index is 4.97. The van der Waals surface area contributed by atoms with Gasteiger partial charge in [0.05, 0.1) is 12.8 Å². The van der Waals surface area contributed by atoms with Crippen LogP contribution in [0.4, 0.5) is 11.8 Å². The van der Waals surface area contributed by atoms with E-state index < -0.39 is 0 Å². The summed E-state index contributed by atoms with van der Waals surface area (Å²) < 4.78 is 4.97. The van der Waals surface area contributed by atoms with Crippen LogP contribution in [0.25, 0.3) is 0 Å². The summed E-state index contributed by atoms with van der Waals surface area (Å²) in [6, 6.07) is 10.3. The smallest absolute Gasteiger partial charge is 0.244 e. The van der Waals surface area contributed by atoms with E-state index in [1.54, 1.807) is 13.3 Å². The maximum atomic E-state index is 4.97. The first kappa shape index (κ1) is 14.2. The molecule has 2 N–H and O–H groups in total. The summed E-state index contributed by atoms with van der Waals surface area (Å²) in [5.41, 5.74) is 1.28. The van der Waals surface area contributed by atoms with E-state index in [4.69, 9.17) is 4.74 Å². The molecule has 1 aromatic heterocycles. The second-order valence-corrected chi connectivity index (χ2v) is 4.25. The Labute approximate surface area is 118 Å². The number of methoxy groups -OCH3 is 1. The molecule has 0 spiro atoms. The van der Waals surface area contributed by atoms with Gasteiger partial charge in [0.1, 0.15) is 0 Å². The van der Waals surface area contributed by atoms with E-state index in [9.17, 15) is 0 Å². The SMILES string of the molecule is COCCNc1cnnc(NCCc2ccccc2)n1. The molecule has 0 aliphatic heterocycles. The zero-order valence-electron chi connectivity index (χ0n) is 11.5. The van der Waals surface area contributed by atoms with Crippen LogP contribution in [0.2, 0.25) is 0 Å². The van der Waals surface area contributed by atoms with Crippen molar-refractivity contribution in [3.8, 4) is 0 Å². The number of nitrogens with one attached hydrogen (secondary N) is 2. The molecule has 0 saturated heterocycles. The Bertz CT molecular complexity index is 506. The summed E-state index contributed by atoms with van der Waals surface area (Å²) in [6.07, 6.45) is 2.52. The van der Waals surface area contributed by atoms with E-state index in [1.807, 2.05) is 18.2 Å². The monoisotopic (exact) mass is 273 g/mol. The van der Waals surface area contributed by atoms with E-state index >= 15 is 0 Å². The largest absolute Gasteiger partial charge is 0.383 e. The molecule has 2 aromatic rings. The molecule has 0 bridgehead atoms. The Balaban J connectivity index is 1.79. The van der Waals surface area contributed by atoms with Crippen molar-refractivity contribution in [1.29, 1.82) is 0 Å². The molecule has 0 saturated carbocycles. The maximum Gasteiger partial charge on any atom is 0.244 e. The third kappa shape index (κ3) is 4.81. The van der Waals surface area contributed by atoms with Crippen LogP contribution in [-0.4, -0.2) is 42.0 Å². The van der Waals surface area contributed by atoms with Gasteiger partial charge in [-0.3, -0.25) is 0 Å². The molecular weight excluding hydrogens is 254 g/mol. The highest BCUT2D eigenvalue weighted by atomic mass is 16.5. The molecule has 6 nitrogen and oxygen atoms in total. The van der Waals surface area contributed by atoms with Gasteiger partial charge in [-0.1, -0.05) is 30.3 Å². The molecular formula is C14H19N5O. The first-order valence-corrected chi connectivity index (χ1v) is 6.59. The van der Waals surface area contributed by atoms with Gasteiger partial charge in [-0.15, -0.1) is 5.10 Å². The molecule has 0 atom stereocenters. The molecule has 0 amide bonds. The van der Waals surface area contributed by atoms with Crippen LogP contribution in [0.1, 0.15) is 5.56 Å². The Morgan fingerprint density at radius 1 is 1.10 bits per heavy atom. The molecule has 0 radical (unpaired) electrons. The zero-order valence-corrected chi connectivity index (χ0v) is 11.5. The molecule has 2 rings (SSSR count). The lowest BCUT2D eigenvalue weighted by molar-refractivity contribution is 0.210. The molecule has 1 heterocycles. The van der Waals surface area contributed by atoms with Gasteiger partial charge in [-0.2, -0.15) is 10.1 Å². The fraction of sp³-hybridized carbons (Fsp3) is 0.357. The predicted octanol–water partition coefficient (Wildman–Crippen LogP) is 1.58. The normalized spacial score (nSPS) is 10.2. The summed E-state index contributed by atoms with van der Waals surface area (Å²) in [5, 5.41) is 14.1. The van der Waals surface area contributed by atoms with E-state index in [0.29, 0.717) is 24.9 Å². The van der Waals surface area contributed by atoms with Gasteiger partial charge in [0.15, 0.2) is 5.82 Å². The number of anilines is 2. The number of rotatable bonds is 8. The third-order valence-electron chi connectivity index (χ3n) is 2.71. The van der Waals surface area contributed by atoms with Crippen LogP contribution >= 0.6 is 0 Å². The minimum Gasteiger partial charge on any atom is -0.383 e. The highest BCUT2D eigenvalue weighted by Gasteiger charge is 2.00. The first-order chi connectivity index (χ1) is 9.88. The van der Waals surface area contributed by atoms with Gasteiger partial charge in [0.2, 0.25) is 5.95 Å². The van der Waals surface area contributed by atoms with E-state index in [1.165, 1.54) is 5.56 Å². The lowest BCUT2D eigenvalue weighted by Crippen LogP contribution is -2.12. The molecule has 0 unspecified atom stereocenters. The highest BCUT2D eigenvalue weighted by Crippen LogP contribution is 2.04. The minimum atomic E-state index is 0.531. The third-order valence-corrected chi connectivity index (χ3v) is 2.71. The van der Waals surface area contributed by atoms with Crippen molar-refractivity contribution in [1.82, 2.24) is 15.2 Å². The van der Waals surface area contributed by atoms with E-state index in [2.05, 4.69) is 37.9 Å². The van der Waals surface area contributed by atoms with Crippen LogP contribution in [-0.2, 0) is 11.2 Å². The summed E-state index contributed by atoms with van der Waals surface area (Å²) in [5.74, 6) is 1.22. The summed E-state index contributed by atoms with van der Waals surface area (Å²) in [7, 11) is 1.66. The average molecular weight is 273 g/mol. The number of aromatic nitrogens is 3. The summed E-state index contributed by atoms with van der Waals surface area (Å²) in [4.78, 5) is 4.32. The Morgan fingerprint density at radius 3 is 2.75 bits per heavy atom. The number of nitrogens with zero attached hydrogens (tertiary/aromatic N) is 3. The molecule has 1 aromatic carbocycles. The van der Waals surface area contributed by atoms with Gasteiger partial charge < -0.3 is 15.4 Å². The predicted molar refractivity (Wildman–Crippen MR) is 78.8 cm³/mol. The topological polar surface area (TPSA) is 72.0 Å². The van der Waals surface area contributed by atoms with Gasteiger partial charge in [-0.05, 0) is 12.0 Å². The molecule has 0 aliphatic carbocycles. The molecule has 0 fully saturated rings. The van der Waals surface area contributed by atoms with Gasteiger partial charge >= 0.3 is 0 Å². The van der Waals surface area contributed by atoms with Crippen LogP contribution in [0.3, 0.4) is 0 Å². The number of hydrogen-bond acceptors (Lipinski definition) is 6. The van der Waals surface area contributed by atoms with Crippen molar-refractivity contribution in [3.05, 3.63) is 42.1 Å². The Kier molecular flexibility index (Phi) is 5.72. The van der Waals surface area contributed by atoms with Crippen LogP contribution in [0.15, 0.2) is 36.5 Å². The van der Waals surface area contributed by atoms with Crippen molar-refractivity contribution in [2.45, 2.75) is 6.42 Å². The Morgan fingerprint density at radius 2 is 1.95 bits per heavy atom. The first-order valence-electron chi connectivity index (χ1n) is 6.59.